The highest BCUT2D eigenvalue weighted by Gasteiger charge is 2.14. The van der Waals surface area contributed by atoms with Crippen LogP contribution in [0.2, 0.25) is 0 Å². The molecule has 0 amide bonds. The Kier molecular flexibility index (Phi) is 4.76. The van der Waals surface area contributed by atoms with Gasteiger partial charge in [-0.3, -0.25) is 4.18 Å². The van der Waals surface area contributed by atoms with Gasteiger partial charge in [0.25, 0.3) is 10.1 Å². The van der Waals surface area contributed by atoms with Crippen molar-refractivity contribution < 1.29 is 12.6 Å². The van der Waals surface area contributed by atoms with Crippen LogP contribution in [-0.4, -0.2) is 27.3 Å². The summed E-state index contributed by atoms with van der Waals surface area (Å²) in [5, 5.41) is 3.42. The van der Waals surface area contributed by atoms with Crippen molar-refractivity contribution >= 4 is 10.1 Å². The molecule has 1 atom stereocenters. The minimum absolute atomic E-state index is 0.0534. The van der Waals surface area contributed by atoms with Gasteiger partial charge in [-0.15, -0.1) is 0 Å². The van der Waals surface area contributed by atoms with Gasteiger partial charge in [0.15, 0.2) is 0 Å². The van der Waals surface area contributed by atoms with E-state index in [1.807, 2.05) is 13.8 Å². The van der Waals surface area contributed by atoms with Gasteiger partial charge in [-0.05, 0) is 11.4 Å². The molecular formula is C6H13N3O3S. The Labute approximate surface area is 77.6 Å². The van der Waals surface area contributed by atoms with E-state index in [2.05, 4.69) is 14.2 Å². The van der Waals surface area contributed by atoms with Gasteiger partial charge in [0, 0.05) is 4.91 Å². The van der Waals surface area contributed by atoms with E-state index in [1.165, 1.54) is 0 Å². The summed E-state index contributed by atoms with van der Waals surface area (Å²) in [4.78, 5) is 2.61. The second-order valence-electron chi connectivity index (χ2n) is 3.00. The summed E-state index contributed by atoms with van der Waals surface area (Å²) in [5.41, 5.74) is 8.17. The van der Waals surface area contributed by atoms with Crippen molar-refractivity contribution in [1.29, 1.82) is 0 Å². The van der Waals surface area contributed by atoms with Crippen LogP contribution in [0.4, 0.5) is 0 Å². The first-order valence-electron chi connectivity index (χ1n) is 3.75. The van der Waals surface area contributed by atoms with Crippen LogP contribution in [0.15, 0.2) is 5.11 Å². The molecule has 0 aromatic heterocycles. The molecule has 0 aliphatic heterocycles. The van der Waals surface area contributed by atoms with Crippen LogP contribution in [0.5, 0.6) is 0 Å². The van der Waals surface area contributed by atoms with E-state index in [4.69, 9.17) is 5.53 Å². The van der Waals surface area contributed by atoms with Gasteiger partial charge in [0.05, 0.1) is 18.9 Å². The summed E-state index contributed by atoms with van der Waals surface area (Å²) >= 11 is 0. The Morgan fingerprint density at radius 1 is 1.54 bits per heavy atom. The standard InChI is InChI=1S/C6H13N3O3S/c1-5(2)6(8-9-7)4-12-13(3,10)11/h5-6H,4H2,1-3H3. The number of hydrogen-bond acceptors (Lipinski definition) is 4. The lowest BCUT2D eigenvalue weighted by Crippen LogP contribution is -2.21. The fraction of sp³-hybridized carbons (Fsp3) is 1.00. The fourth-order valence-corrected chi connectivity index (χ4v) is 1.01. The summed E-state index contributed by atoms with van der Waals surface area (Å²) in [6.45, 7) is 3.55. The molecule has 0 aromatic carbocycles. The molecule has 6 nitrogen and oxygen atoms in total. The van der Waals surface area contributed by atoms with Crippen LogP contribution in [0, 0.1) is 5.92 Å². The van der Waals surface area contributed by atoms with Gasteiger partial charge in [-0.1, -0.05) is 19.0 Å². The van der Waals surface area contributed by atoms with E-state index in [0.29, 0.717) is 0 Å². The first-order valence-corrected chi connectivity index (χ1v) is 5.57. The third kappa shape index (κ3) is 6.39. The van der Waals surface area contributed by atoms with Crippen LogP contribution >= 0.6 is 0 Å². The second kappa shape index (κ2) is 5.06. The SMILES string of the molecule is CC(C)C(COS(C)(=O)=O)N=[N+]=[N-]. The number of hydrogen-bond donors (Lipinski definition) is 0. The predicted octanol–water partition coefficient (Wildman–Crippen LogP) is 1.30. The lowest BCUT2D eigenvalue weighted by atomic mass is 10.1. The first-order chi connectivity index (χ1) is 5.87. The average molecular weight is 207 g/mol. The molecule has 0 heterocycles. The summed E-state index contributed by atoms with van der Waals surface area (Å²) in [6, 6.07) is -0.445. The van der Waals surface area contributed by atoms with E-state index in [1.54, 1.807) is 0 Å². The maximum absolute atomic E-state index is 10.6. The molecule has 0 fully saturated rings. The van der Waals surface area contributed by atoms with Crippen LogP contribution in [0.3, 0.4) is 0 Å². The maximum atomic E-state index is 10.6. The van der Waals surface area contributed by atoms with E-state index in [9.17, 15) is 8.42 Å². The topological polar surface area (TPSA) is 92.1 Å². The average Bonchev–Trinajstić information content (AvgIpc) is 1.95. The molecule has 0 aliphatic carbocycles. The van der Waals surface area contributed by atoms with Gasteiger partial charge in [0.2, 0.25) is 0 Å². The Hall–Kier alpha value is -0.780. The largest absolute Gasteiger partial charge is 0.270 e. The molecule has 0 spiro atoms. The lowest BCUT2D eigenvalue weighted by Gasteiger charge is -2.13. The van der Waals surface area contributed by atoms with Crippen LogP contribution in [-0.2, 0) is 14.3 Å². The second-order valence-corrected chi connectivity index (χ2v) is 4.65. The predicted molar refractivity (Wildman–Crippen MR) is 48.6 cm³/mol. The van der Waals surface area contributed by atoms with Crippen molar-refractivity contribution in [3.63, 3.8) is 0 Å². The van der Waals surface area contributed by atoms with Crippen LogP contribution < -0.4 is 0 Å². The van der Waals surface area contributed by atoms with E-state index < -0.39 is 16.2 Å². The van der Waals surface area contributed by atoms with E-state index in [0.717, 1.165) is 6.26 Å². The summed E-state index contributed by atoms with van der Waals surface area (Å²) in [5.74, 6) is 0.0534. The molecular weight excluding hydrogens is 194 g/mol. The molecule has 0 saturated heterocycles. The quantitative estimate of drug-likeness (QED) is 0.294. The Morgan fingerprint density at radius 2 is 2.08 bits per heavy atom. The molecule has 0 aromatic rings. The van der Waals surface area contributed by atoms with Gasteiger partial charge in [-0.2, -0.15) is 8.42 Å². The minimum Gasteiger partial charge on any atom is -0.270 e. The van der Waals surface area contributed by atoms with E-state index >= 15 is 0 Å². The summed E-state index contributed by atoms with van der Waals surface area (Å²) in [7, 11) is -3.45. The highest BCUT2D eigenvalue weighted by atomic mass is 32.2. The van der Waals surface area contributed by atoms with Crippen LogP contribution in [0.25, 0.3) is 10.4 Å². The lowest BCUT2D eigenvalue weighted by molar-refractivity contribution is 0.266. The molecule has 0 rings (SSSR count). The summed E-state index contributed by atoms with van der Waals surface area (Å²) < 4.78 is 25.7. The Bertz CT molecular complexity index is 292. The van der Waals surface area contributed by atoms with Gasteiger partial charge in [0.1, 0.15) is 0 Å². The number of rotatable bonds is 5. The smallest absolute Gasteiger partial charge is 0.264 e. The minimum atomic E-state index is -3.45. The third-order valence-corrected chi connectivity index (χ3v) is 1.99. The van der Waals surface area contributed by atoms with Crippen molar-refractivity contribution in [2.45, 2.75) is 19.9 Å². The Morgan fingerprint density at radius 3 is 2.38 bits per heavy atom. The molecule has 0 bridgehead atoms. The third-order valence-electron chi connectivity index (χ3n) is 1.42. The molecule has 0 N–H and O–H groups in total. The highest BCUT2D eigenvalue weighted by Crippen LogP contribution is 2.08. The molecule has 0 aliphatic rings. The Balaban J connectivity index is 4.21. The highest BCUT2D eigenvalue weighted by molar-refractivity contribution is 7.85. The maximum Gasteiger partial charge on any atom is 0.264 e. The zero-order valence-electron chi connectivity index (χ0n) is 7.84. The molecule has 7 heteroatoms. The van der Waals surface area contributed by atoms with E-state index in [-0.39, 0.29) is 12.5 Å². The first kappa shape index (κ1) is 12.2. The van der Waals surface area contributed by atoms with Crippen molar-refractivity contribution in [3.8, 4) is 0 Å². The molecule has 0 radical (unpaired) electrons. The summed E-state index contributed by atoms with van der Waals surface area (Å²) in [6.07, 6.45) is 0.959. The normalized spacial score (nSPS) is 13.8. The van der Waals surface area contributed by atoms with Crippen molar-refractivity contribution in [1.82, 2.24) is 0 Å². The molecule has 76 valence electrons. The van der Waals surface area contributed by atoms with Crippen molar-refractivity contribution in [2.75, 3.05) is 12.9 Å². The molecule has 13 heavy (non-hydrogen) atoms. The number of azide groups is 1. The number of nitrogens with zero attached hydrogens (tertiary/aromatic N) is 3. The van der Waals surface area contributed by atoms with Crippen LogP contribution in [0.1, 0.15) is 13.8 Å². The van der Waals surface area contributed by atoms with Gasteiger partial charge in [-0.25, -0.2) is 0 Å². The molecule has 1 unspecified atom stereocenters. The zero-order valence-corrected chi connectivity index (χ0v) is 8.65. The van der Waals surface area contributed by atoms with Gasteiger partial charge >= 0.3 is 0 Å². The molecule has 0 saturated carbocycles. The van der Waals surface area contributed by atoms with Crippen molar-refractivity contribution in [3.05, 3.63) is 10.4 Å². The zero-order chi connectivity index (χ0) is 10.5. The monoisotopic (exact) mass is 207 g/mol. The fourth-order valence-electron chi connectivity index (χ4n) is 0.619. The van der Waals surface area contributed by atoms with Crippen molar-refractivity contribution in [2.24, 2.45) is 11.0 Å². The van der Waals surface area contributed by atoms with Gasteiger partial charge < -0.3 is 0 Å².